The summed E-state index contributed by atoms with van der Waals surface area (Å²) in [6.45, 7) is 2.58. The lowest BCUT2D eigenvalue weighted by molar-refractivity contribution is -0.136. The second-order valence-electron chi connectivity index (χ2n) is 8.55. The highest BCUT2D eigenvalue weighted by molar-refractivity contribution is 6.05. The van der Waals surface area contributed by atoms with Crippen LogP contribution < -0.4 is 16.0 Å². The number of fused-ring (bicyclic) bond motifs is 2. The van der Waals surface area contributed by atoms with Gasteiger partial charge in [0, 0.05) is 43.9 Å². The number of carbonyl (C=O) groups excluding carboxylic acids is 3. The minimum atomic E-state index is -0.581. The van der Waals surface area contributed by atoms with Crippen molar-refractivity contribution in [2.45, 2.75) is 51.4 Å². The van der Waals surface area contributed by atoms with Gasteiger partial charge in [-0.1, -0.05) is 30.3 Å². The molecule has 0 aromatic heterocycles. The van der Waals surface area contributed by atoms with Crippen molar-refractivity contribution in [3.8, 4) is 0 Å². The van der Waals surface area contributed by atoms with E-state index in [9.17, 15) is 14.4 Å². The number of nitrogens with two attached hydrogens (primary N) is 1. The topological polar surface area (TPSA) is 95.7 Å². The summed E-state index contributed by atoms with van der Waals surface area (Å²) in [5.41, 5.74) is 12.4. The Hall–Kier alpha value is -3.19. The van der Waals surface area contributed by atoms with Crippen LogP contribution >= 0.6 is 0 Å². The molecule has 0 bridgehead atoms. The molecular weight excluding hydrogens is 392 g/mol. The smallest absolute Gasteiger partial charge is 0.255 e. The first-order chi connectivity index (χ1) is 15.0. The second kappa shape index (κ2) is 7.81. The number of para-hydroxylation sites is 1. The van der Waals surface area contributed by atoms with E-state index in [2.05, 4.69) is 34.5 Å². The Labute approximate surface area is 181 Å². The van der Waals surface area contributed by atoms with Gasteiger partial charge in [0.25, 0.3) is 5.91 Å². The van der Waals surface area contributed by atoms with Gasteiger partial charge in [0.05, 0.1) is 0 Å². The molecule has 3 N–H and O–H groups in total. The molecule has 3 aliphatic rings. The van der Waals surface area contributed by atoms with Gasteiger partial charge in [0.1, 0.15) is 6.04 Å². The van der Waals surface area contributed by atoms with E-state index in [0.717, 1.165) is 36.1 Å². The molecular formula is C24H26N4O3. The molecule has 3 heterocycles. The fraction of sp³-hybridized carbons (Fsp3) is 0.375. The van der Waals surface area contributed by atoms with Gasteiger partial charge in [0.15, 0.2) is 0 Å². The quantitative estimate of drug-likeness (QED) is 0.739. The molecule has 2 aromatic carbocycles. The Morgan fingerprint density at radius 3 is 2.74 bits per heavy atom. The predicted octanol–water partition coefficient (Wildman–Crippen LogP) is 1.86. The number of benzene rings is 2. The molecule has 0 spiro atoms. The van der Waals surface area contributed by atoms with Crippen LogP contribution in [0.15, 0.2) is 36.4 Å². The van der Waals surface area contributed by atoms with E-state index < -0.39 is 6.04 Å². The first kappa shape index (κ1) is 19.8. The lowest BCUT2D eigenvalue weighted by atomic mass is 9.96. The Morgan fingerprint density at radius 1 is 1.06 bits per heavy atom. The van der Waals surface area contributed by atoms with E-state index in [1.807, 2.05) is 12.1 Å². The van der Waals surface area contributed by atoms with E-state index in [0.29, 0.717) is 31.6 Å². The molecule has 3 aliphatic heterocycles. The average molecular weight is 418 g/mol. The normalized spacial score (nSPS) is 20.5. The zero-order valence-corrected chi connectivity index (χ0v) is 17.4. The van der Waals surface area contributed by atoms with Crippen LogP contribution in [-0.4, -0.2) is 35.2 Å². The number of hydrogen-bond donors (Lipinski definition) is 2. The zero-order chi connectivity index (χ0) is 21.5. The summed E-state index contributed by atoms with van der Waals surface area (Å²) in [5.74, 6) is -0.781. The van der Waals surface area contributed by atoms with Crippen molar-refractivity contribution >= 4 is 23.4 Å². The summed E-state index contributed by atoms with van der Waals surface area (Å²) in [7, 11) is 0. The summed E-state index contributed by atoms with van der Waals surface area (Å²) in [4.78, 5) is 40.8. The Kier molecular flexibility index (Phi) is 4.98. The van der Waals surface area contributed by atoms with E-state index in [1.165, 1.54) is 11.3 Å². The first-order valence-electron chi connectivity index (χ1n) is 10.9. The number of amides is 3. The Morgan fingerprint density at radius 2 is 1.94 bits per heavy atom. The molecule has 31 heavy (non-hydrogen) atoms. The predicted molar refractivity (Wildman–Crippen MR) is 116 cm³/mol. The van der Waals surface area contributed by atoms with E-state index >= 15 is 0 Å². The summed E-state index contributed by atoms with van der Waals surface area (Å²) in [5, 5.41) is 2.35. The third kappa shape index (κ3) is 3.49. The Balaban J connectivity index is 1.38. The largest absolute Gasteiger partial charge is 0.367 e. The standard InChI is InChI=1S/C24H26N4O3/c25-12-17-4-1-3-16-5-2-10-27(22(16)17)13-15-6-7-18-14-28(24(31)19(18)11-15)20-8-9-21(29)26-23(20)30/h1,3-4,6-7,11,20H,2,5,8-10,12-14,25H2,(H,26,29,30). The van der Waals surface area contributed by atoms with Gasteiger partial charge in [0.2, 0.25) is 11.8 Å². The van der Waals surface area contributed by atoms with Crippen LogP contribution in [0, 0.1) is 0 Å². The molecule has 0 aliphatic carbocycles. The molecule has 3 amide bonds. The number of anilines is 1. The number of piperidine rings is 1. The molecule has 5 rings (SSSR count). The average Bonchev–Trinajstić information content (AvgIpc) is 3.09. The van der Waals surface area contributed by atoms with Crippen LogP contribution in [0.2, 0.25) is 0 Å². The summed E-state index contributed by atoms with van der Waals surface area (Å²) in [6, 6.07) is 11.8. The second-order valence-corrected chi connectivity index (χ2v) is 8.55. The molecule has 1 atom stereocenters. The highest BCUT2D eigenvalue weighted by Gasteiger charge is 2.39. The third-order valence-electron chi connectivity index (χ3n) is 6.58. The number of carbonyl (C=O) groups is 3. The monoisotopic (exact) mass is 418 g/mol. The highest BCUT2D eigenvalue weighted by Crippen LogP contribution is 2.33. The number of nitrogens with zero attached hydrogens (tertiary/aromatic N) is 2. The van der Waals surface area contributed by atoms with Gasteiger partial charge < -0.3 is 15.5 Å². The summed E-state index contributed by atoms with van der Waals surface area (Å²) in [6.07, 6.45) is 2.79. The molecule has 7 heteroatoms. The van der Waals surface area contributed by atoms with E-state index in [4.69, 9.17) is 5.73 Å². The van der Waals surface area contributed by atoms with E-state index in [1.54, 1.807) is 4.90 Å². The maximum Gasteiger partial charge on any atom is 0.255 e. The minimum absolute atomic E-state index is 0.131. The van der Waals surface area contributed by atoms with Crippen LogP contribution in [0.5, 0.6) is 0 Å². The number of imide groups is 1. The van der Waals surface area contributed by atoms with Gasteiger partial charge in [-0.15, -0.1) is 0 Å². The summed E-state index contributed by atoms with van der Waals surface area (Å²) >= 11 is 0. The van der Waals surface area contributed by atoms with Gasteiger partial charge in [-0.05, 0) is 47.6 Å². The molecule has 0 saturated carbocycles. The zero-order valence-electron chi connectivity index (χ0n) is 17.4. The molecule has 1 fully saturated rings. The maximum atomic E-state index is 13.1. The van der Waals surface area contributed by atoms with Crippen molar-refractivity contribution in [3.63, 3.8) is 0 Å². The molecule has 1 saturated heterocycles. The van der Waals surface area contributed by atoms with Crippen molar-refractivity contribution < 1.29 is 14.4 Å². The number of aryl methyl sites for hydroxylation is 1. The van der Waals surface area contributed by atoms with Crippen LogP contribution in [0.1, 0.15) is 51.9 Å². The van der Waals surface area contributed by atoms with Gasteiger partial charge >= 0.3 is 0 Å². The maximum absolute atomic E-state index is 13.1. The SMILES string of the molecule is NCc1cccc2c1N(Cc1ccc3c(c1)C(=O)N(C1CCC(=O)NC1=O)C3)CCC2. The molecule has 7 nitrogen and oxygen atoms in total. The lowest BCUT2D eigenvalue weighted by Crippen LogP contribution is -2.52. The Bertz CT molecular complexity index is 1070. The number of nitrogens with one attached hydrogen (secondary N) is 1. The van der Waals surface area contributed by atoms with Crippen molar-refractivity contribution in [3.05, 3.63) is 64.2 Å². The third-order valence-corrected chi connectivity index (χ3v) is 6.58. The summed E-state index contributed by atoms with van der Waals surface area (Å²) < 4.78 is 0. The van der Waals surface area contributed by atoms with Crippen LogP contribution in [0.25, 0.3) is 0 Å². The van der Waals surface area contributed by atoms with Crippen LogP contribution in [-0.2, 0) is 35.6 Å². The van der Waals surface area contributed by atoms with Crippen molar-refractivity contribution in [1.82, 2.24) is 10.2 Å². The highest BCUT2D eigenvalue weighted by atomic mass is 16.2. The van der Waals surface area contributed by atoms with E-state index in [-0.39, 0.29) is 24.1 Å². The van der Waals surface area contributed by atoms with Crippen molar-refractivity contribution in [2.75, 3.05) is 11.4 Å². The fourth-order valence-electron chi connectivity index (χ4n) is 5.07. The lowest BCUT2D eigenvalue weighted by Gasteiger charge is -2.33. The molecule has 160 valence electrons. The van der Waals surface area contributed by atoms with Gasteiger partial charge in [-0.2, -0.15) is 0 Å². The molecule has 2 aromatic rings. The number of hydrogen-bond acceptors (Lipinski definition) is 5. The van der Waals surface area contributed by atoms with Crippen molar-refractivity contribution in [2.24, 2.45) is 5.73 Å². The minimum Gasteiger partial charge on any atom is -0.367 e. The van der Waals surface area contributed by atoms with Gasteiger partial charge in [-0.25, -0.2) is 0 Å². The van der Waals surface area contributed by atoms with Crippen LogP contribution in [0.3, 0.4) is 0 Å². The fourth-order valence-corrected chi connectivity index (χ4v) is 5.07. The van der Waals surface area contributed by atoms with Gasteiger partial charge in [-0.3, -0.25) is 19.7 Å². The first-order valence-corrected chi connectivity index (χ1v) is 10.9. The van der Waals surface area contributed by atoms with Crippen molar-refractivity contribution in [1.29, 1.82) is 0 Å². The van der Waals surface area contributed by atoms with Crippen LogP contribution in [0.4, 0.5) is 5.69 Å². The number of rotatable bonds is 4. The molecule has 0 radical (unpaired) electrons. The molecule has 1 unspecified atom stereocenters.